The number of benzene rings is 4. The molecule has 0 saturated heterocycles. The van der Waals surface area contributed by atoms with Gasteiger partial charge in [0, 0.05) is 24.6 Å². The molecule has 4 aromatic carbocycles. The average molecular weight is 413 g/mol. The first-order valence-electron chi connectivity index (χ1n) is 9.82. The first kappa shape index (κ1) is 18.7. The molecule has 0 unspecified atom stereocenters. The Kier molecular flexibility index (Phi) is 4.91. The van der Waals surface area contributed by atoms with Crippen molar-refractivity contribution < 1.29 is 9.53 Å². The minimum absolute atomic E-state index is 0.234. The van der Waals surface area contributed by atoms with Gasteiger partial charge in [-0.2, -0.15) is 4.99 Å². The van der Waals surface area contributed by atoms with Gasteiger partial charge in [0.05, 0.1) is 16.8 Å². The number of carbonyl (C=O) groups is 1. The zero-order chi connectivity index (χ0) is 20.5. The Balaban J connectivity index is 1.68. The van der Waals surface area contributed by atoms with E-state index >= 15 is 0 Å². The molecule has 0 spiro atoms. The summed E-state index contributed by atoms with van der Waals surface area (Å²) in [7, 11) is 1.68. The third-order valence-electron chi connectivity index (χ3n) is 5.29. The lowest BCUT2D eigenvalue weighted by Crippen LogP contribution is -2.19. The standard InChI is InChI=1S/C25H20N2O2S/c1-29-15-14-27-22-13-12-18-7-4-5-9-21(18)23(22)30-25(27)26-24(28)20-11-10-17-6-2-3-8-19(17)16-20/h2-13,16H,14-15H2,1H3. The maximum absolute atomic E-state index is 13.0. The van der Waals surface area contributed by atoms with E-state index in [9.17, 15) is 4.79 Å². The zero-order valence-corrected chi connectivity index (χ0v) is 17.4. The van der Waals surface area contributed by atoms with Crippen LogP contribution in [0.4, 0.5) is 0 Å². The van der Waals surface area contributed by atoms with Crippen LogP contribution in [0.5, 0.6) is 0 Å². The summed E-state index contributed by atoms with van der Waals surface area (Å²) in [6.45, 7) is 1.19. The van der Waals surface area contributed by atoms with Gasteiger partial charge in [0.25, 0.3) is 5.91 Å². The third-order valence-corrected chi connectivity index (χ3v) is 6.41. The highest BCUT2D eigenvalue weighted by molar-refractivity contribution is 7.17. The van der Waals surface area contributed by atoms with Crippen LogP contribution in [0.25, 0.3) is 31.8 Å². The van der Waals surface area contributed by atoms with Crippen LogP contribution in [0.3, 0.4) is 0 Å². The summed E-state index contributed by atoms with van der Waals surface area (Å²) in [4.78, 5) is 18.2. The molecule has 0 fully saturated rings. The van der Waals surface area contributed by atoms with Crippen molar-refractivity contribution in [1.29, 1.82) is 0 Å². The van der Waals surface area contributed by atoms with E-state index in [4.69, 9.17) is 4.74 Å². The molecule has 1 amide bonds. The Labute approximate surface area is 177 Å². The molecule has 1 aromatic heterocycles. The molecule has 0 bridgehead atoms. The van der Waals surface area contributed by atoms with Crippen molar-refractivity contribution in [2.45, 2.75) is 6.54 Å². The summed E-state index contributed by atoms with van der Waals surface area (Å²) >= 11 is 1.55. The number of rotatable bonds is 4. The molecular weight excluding hydrogens is 392 g/mol. The van der Waals surface area contributed by atoms with Crippen LogP contribution in [0.1, 0.15) is 10.4 Å². The predicted octanol–water partition coefficient (Wildman–Crippen LogP) is 5.40. The second kappa shape index (κ2) is 7.86. The number of hydrogen-bond donors (Lipinski definition) is 0. The average Bonchev–Trinajstić information content (AvgIpc) is 3.14. The van der Waals surface area contributed by atoms with E-state index in [1.54, 1.807) is 18.4 Å². The second-order valence-electron chi connectivity index (χ2n) is 7.14. The molecule has 5 rings (SSSR count). The molecule has 0 aliphatic carbocycles. The number of thiazole rings is 1. The zero-order valence-electron chi connectivity index (χ0n) is 16.5. The Bertz CT molecular complexity index is 1460. The van der Waals surface area contributed by atoms with Crippen LogP contribution < -0.4 is 4.80 Å². The quantitative estimate of drug-likeness (QED) is 0.397. The molecule has 5 heteroatoms. The molecule has 30 heavy (non-hydrogen) atoms. The van der Waals surface area contributed by atoms with Crippen LogP contribution in [-0.2, 0) is 11.3 Å². The Hall–Kier alpha value is -3.28. The molecule has 4 nitrogen and oxygen atoms in total. The monoisotopic (exact) mass is 412 g/mol. The largest absolute Gasteiger partial charge is 0.383 e. The highest BCUT2D eigenvalue weighted by Crippen LogP contribution is 2.27. The number of hydrogen-bond acceptors (Lipinski definition) is 3. The molecule has 0 N–H and O–H groups in total. The lowest BCUT2D eigenvalue weighted by atomic mass is 10.1. The number of methoxy groups -OCH3 is 1. The van der Waals surface area contributed by atoms with Gasteiger partial charge < -0.3 is 9.30 Å². The first-order valence-corrected chi connectivity index (χ1v) is 10.6. The summed E-state index contributed by atoms with van der Waals surface area (Å²) in [5.41, 5.74) is 1.66. The molecule has 148 valence electrons. The Morgan fingerprint density at radius 3 is 2.50 bits per heavy atom. The summed E-state index contributed by atoms with van der Waals surface area (Å²) in [6.07, 6.45) is 0. The van der Waals surface area contributed by atoms with E-state index in [2.05, 4.69) is 33.8 Å². The van der Waals surface area contributed by atoms with Crippen molar-refractivity contribution in [3.05, 3.63) is 89.2 Å². The van der Waals surface area contributed by atoms with E-state index in [-0.39, 0.29) is 5.91 Å². The van der Waals surface area contributed by atoms with Gasteiger partial charge in [0.1, 0.15) is 0 Å². The summed E-state index contributed by atoms with van der Waals surface area (Å²) < 4.78 is 8.51. The van der Waals surface area contributed by atoms with E-state index in [0.717, 1.165) is 21.0 Å². The summed E-state index contributed by atoms with van der Waals surface area (Å²) in [6, 6.07) is 26.2. The van der Waals surface area contributed by atoms with Gasteiger partial charge in [-0.1, -0.05) is 72.0 Å². The normalized spacial score (nSPS) is 12.2. The second-order valence-corrected chi connectivity index (χ2v) is 8.12. The minimum Gasteiger partial charge on any atom is -0.383 e. The summed E-state index contributed by atoms with van der Waals surface area (Å²) in [5.74, 6) is -0.234. The van der Waals surface area contributed by atoms with Gasteiger partial charge in [-0.05, 0) is 34.4 Å². The van der Waals surface area contributed by atoms with Crippen LogP contribution in [0, 0.1) is 0 Å². The van der Waals surface area contributed by atoms with Crippen LogP contribution in [0.2, 0.25) is 0 Å². The number of fused-ring (bicyclic) bond motifs is 4. The predicted molar refractivity (Wildman–Crippen MR) is 123 cm³/mol. The number of nitrogens with zero attached hydrogens (tertiary/aromatic N) is 2. The number of amides is 1. The van der Waals surface area contributed by atoms with Crippen molar-refractivity contribution in [3.8, 4) is 0 Å². The lowest BCUT2D eigenvalue weighted by Gasteiger charge is -2.05. The minimum atomic E-state index is -0.234. The van der Waals surface area contributed by atoms with Crippen molar-refractivity contribution in [2.24, 2.45) is 4.99 Å². The van der Waals surface area contributed by atoms with Crippen LogP contribution >= 0.6 is 11.3 Å². The van der Waals surface area contributed by atoms with Gasteiger partial charge >= 0.3 is 0 Å². The molecule has 0 saturated carbocycles. The smallest absolute Gasteiger partial charge is 0.279 e. The third kappa shape index (κ3) is 3.32. The number of ether oxygens (including phenoxy) is 1. The summed E-state index contributed by atoms with van der Waals surface area (Å²) in [5, 5.41) is 4.49. The van der Waals surface area contributed by atoms with Crippen molar-refractivity contribution in [1.82, 2.24) is 4.57 Å². The van der Waals surface area contributed by atoms with Gasteiger partial charge in [-0.25, -0.2) is 0 Å². The van der Waals surface area contributed by atoms with E-state index in [1.807, 2.05) is 54.6 Å². The fraction of sp³-hybridized carbons (Fsp3) is 0.120. The molecule has 1 heterocycles. The van der Waals surface area contributed by atoms with Crippen LogP contribution in [-0.4, -0.2) is 24.2 Å². The van der Waals surface area contributed by atoms with Crippen LogP contribution in [0.15, 0.2) is 83.9 Å². The molecule has 0 atom stereocenters. The molecule has 0 aliphatic heterocycles. The van der Waals surface area contributed by atoms with Crippen molar-refractivity contribution in [3.63, 3.8) is 0 Å². The molecular formula is C25H20N2O2S. The SMILES string of the molecule is COCCn1c(=NC(=O)c2ccc3ccccc3c2)sc2c3ccccc3ccc21. The van der Waals surface area contributed by atoms with Gasteiger partial charge in [0.15, 0.2) is 4.80 Å². The van der Waals surface area contributed by atoms with Crippen molar-refractivity contribution >= 4 is 49.0 Å². The van der Waals surface area contributed by atoms with Gasteiger partial charge in [-0.3, -0.25) is 4.79 Å². The molecule has 5 aromatic rings. The number of aromatic nitrogens is 1. The number of carbonyl (C=O) groups excluding carboxylic acids is 1. The molecule has 0 aliphatic rings. The van der Waals surface area contributed by atoms with E-state index in [0.29, 0.717) is 23.5 Å². The maximum atomic E-state index is 13.0. The highest BCUT2D eigenvalue weighted by atomic mass is 32.1. The van der Waals surface area contributed by atoms with E-state index < -0.39 is 0 Å². The highest BCUT2D eigenvalue weighted by Gasteiger charge is 2.12. The maximum Gasteiger partial charge on any atom is 0.279 e. The van der Waals surface area contributed by atoms with Gasteiger partial charge in [0.2, 0.25) is 0 Å². The van der Waals surface area contributed by atoms with Gasteiger partial charge in [-0.15, -0.1) is 0 Å². The van der Waals surface area contributed by atoms with Crippen molar-refractivity contribution in [2.75, 3.05) is 13.7 Å². The fourth-order valence-electron chi connectivity index (χ4n) is 3.76. The molecule has 0 radical (unpaired) electrons. The Morgan fingerprint density at radius 2 is 1.67 bits per heavy atom. The topological polar surface area (TPSA) is 43.6 Å². The lowest BCUT2D eigenvalue weighted by molar-refractivity contribution is 0.0997. The first-order chi connectivity index (χ1) is 14.7. The van der Waals surface area contributed by atoms with E-state index in [1.165, 1.54) is 10.8 Å². The Morgan fingerprint density at radius 1 is 0.933 bits per heavy atom. The fourth-order valence-corrected chi connectivity index (χ4v) is 4.95.